The third-order valence-electron chi connectivity index (χ3n) is 2.43. The van der Waals surface area contributed by atoms with Crippen LogP contribution in [0.3, 0.4) is 0 Å². The molecule has 6 heteroatoms. The first-order chi connectivity index (χ1) is 9.59. The Balaban J connectivity index is 3.11. The molecule has 0 aliphatic rings. The highest BCUT2D eigenvalue weighted by atomic mass is 31.2. The quantitative estimate of drug-likeness (QED) is 0.565. The van der Waals surface area contributed by atoms with E-state index in [-0.39, 0.29) is 18.5 Å². The molecule has 0 saturated heterocycles. The average molecular weight is 295 g/mol. The zero-order valence-electron chi connectivity index (χ0n) is 11.8. The molecule has 0 unspecified atom stereocenters. The van der Waals surface area contributed by atoms with Crippen molar-refractivity contribution in [2.24, 2.45) is 0 Å². The Kier molecular flexibility index (Phi) is 6.47. The van der Waals surface area contributed by atoms with E-state index in [4.69, 9.17) is 13.8 Å². The van der Waals surface area contributed by atoms with Gasteiger partial charge in [0.1, 0.15) is 17.1 Å². The van der Waals surface area contributed by atoms with Gasteiger partial charge in [-0.3, -0.25) is 4.57 Å². The number of benzene rings is 1. The Morgan fingerprint density at radius 1 is 1.25 bits per heavy atom. The standard InChI is InChI=1S/C14H18NO4P/c1-4-18-20(16,19-5-2)14(11-15)10-12-6-8-13(17-3)9-7-12/h6-10H,4-5H2,1-3H3/b14-10-. The van der Waals surface area contributed by atoms with E-state index >= 15 is 0 Å². The Morgan fingerprint density at radius 2 is 1.80 bits per heavy atom. The van der Waals surface area contributed by atoms with Crippen molar-refractivity contribution < 1.29 is 18.3 Å². The molecule has 0 atom stereocenters. The smallest absolute Gasteiger partial charge is 0.371 e. The third-order valence-corrected chi connectivity index (χ3v) is 4.44. The summed E-state index contributed by atoms with van der Waals surface area (Å²) in [5, 5.41) is 9.19. The molecule has 20 heavy (non-hydrogen) atoms. The van der Waals surface area contributed by atoms with Crippen molar-refractivity contribution >= 4 is 13.7 Å². The minimum absolute atomic E-state index is 0.00799. The van der Waals surface area contributed by atoms with Crippen LogP contribution in [-0.4, -0.2) is 20.3 Å². The number of nitrogens with zero attached hydrogens (tertiary/aromatic N) is 1. The van der Waals surface area contributed by atoms with Crippen molar-refractivity contribution in [3.05, 3.63) is 35.1 Å². The van der Waals surface area contributed by atoms with Crippen molar-refractivity contribution in [1.82, 2.24) is 0 Å². The maximum absolute atomic E-state index is 12.5. The molecule has 0 N–H and O–H groups in total. The second-order valence-electron chi connectivity index (χ2n) is 3.75. The van der Waals surface area contributed by atoms with E-state index in [1.54, 1.807) is 45.2 Å². The summed E-state index contributed by atoms with van der Waals surface area (Å²) in [7, 11) is -1.97. The summed E-state index contributed by atoms with van der Waals surface area (Å²) in [5.41, 5.74) is 0.724. The molecule has 0 aliphatic heterocycles. The van der Waals surface area contributed by atoms with Gasteiger partial charge in [-0.2, -0.15) is 5.26 Å². The molecule has 1 aromatic carbocycles. The van der Waals surface area contributed by atoms with Gasteiger partial charge in [0.2, 0.25) is 0 Å². The minimum atomic E-state index is -3.54. The highest BCUT2D eigenvalue weighted by Gasteiger charge is 2.29. The molecule has 5 nitrogen and oxygen atoms in total. The SMILES string of the molecule is CCOP(=O)(OCC)/C(C#N)=C\c1ccc(OC)cc1. The fourth-order valence-electron chi connectivity index (χ4n) is 1.55. The predicted molar refractivity (Wildman–Crippen MR) is 77.4 cm³/mol. The summed E-state index contributed by atoms with van der Waals surface area (Å²) in [6, 6.07) is 8.94. The summed E-state index contributed by atoms with van der Waals surface area (Å²) in [4.78, 5) is 0. The normalized spacial score (nSPS) is 12.0. The topological polar surface area (TPSA) is 68.5 Å². The first kappa shape index (κ1) is 16.5. The van der Waals surface area contributed by atoms with Gasteiger partial charge in [0.25, 0.3) is 0 Å². The van der Waals surface area contributed by atoms with Crippen LogP contribution in [0, 0.1) is 11.3 Å². The molecule has 0 heterocycles. The Labute approximate surface area is 119 Å². The molecule has 0 aliphatic carbocycles. The molecular weight excluding hydrogens is 277 g/mol. The van der Waals surface area contributed by atoms with E-state index in [1.807, 2.05) is 6.07 Å². The number of allylic oxidation sites excluding steroid dienone is 1. The molecule has 0 radical (unpaired) electrons. The van der Waals surface area contributed by atoms with Crippen LogP contribution in [0.4, 0.5) is 0 Å². The van der Waals surface area contributed by atoms with Crippen LogP contribution in [0.2, 0.25) is 0 Å². The third kappa shape index (κ3) is 4.21. The molecular formula is C14H18NO4P. The first-order valence-electron chi connectivity index (χ1n) is 6.25. The molecule has 0 spiro atoms. The van der Waals surface area contributed by atoms with Gasteiger partial charge in [-0.25, -0.2) is 0 Å². The van der Waals surface area contributed by atoms with Gasteiger partial charge >= 0.3 is 7.60 Å². The Bertz CT molecular complexity index is 535. The van der Waals surface area contributed by atoms with Crippen molar-refractivity contribution in [1.29, 1.82) is 5.26 Å². The van der Waals surface area contributed by atoms with Crippen molar-refractivity contribution in [2.45, 2.75) is 13.8 Å². The van der Waals surface area contributed by atoms with Crippen LogP contribution < -0.4 is 4.74 Å². The lowest BCUT2D eigenvalue weighted by Gasteiger charge is -2.15. The molecule has 0 amide bonds. The lowest BCUT2D eigenvalue weighted by molar-refractivity contribution is 0.227. The van der Waals surface area contributed by atoms with E-state index < -0.39 is 7.60 Å². The molecule has 1 rings (SSSR count). The second-order valence-corrected chi connectivity index (χ2v) is 5.74. The van der Waals surface area contributed by atoms with Gasteiger partial charge in [0, 0.05) is 0 Å². The number of hydrogen-bond donors (Lipinski definition) is 0. The predicted octanol–water partition coefficient (Wildman–Crippen LogP) is 3.83. The highest BCUT2D eigenvalue weighted by molar-refractivity contribution is 7.59. The van der Waals surface area contributed by atoms with E-state index in [0.717, 1.165) is 5.56 Å². The average Bonchev–Trinajstić information content (AvgIpc) is 2.45. The number of methoxy groups -OCH3 is 1. The lowest BCUT2D eigenvalue weighted by atomic mass is 10.2. The lowest BCUT2D eigenvalue weighted by Crippen LogP contribution is -1.97. The maximum Gasteiger partial charge on any atom is 0.371 e. The monoisotopic (exact) mass is 295 g/mol. The van der Waals surface area contributed by atoms with E-state index in [2.05, 4.69) is 0 Å². The Hall–Kier alpha value is -1.60. The van der Waals surface area contributed by atoms with Crippen molar-refractivity contribution in [3.8, 4) is 11.8 Å². The van der Waals surface area contributed by atoms with Crippen LogP contribution in [0.25, 0.3) is 6.08 Å². The van der Waals surface area contributed by atoms with Crippen LogP contribution >= 0.6 is 7.60 Å². The second kappa shape index (κ2) is 7.86. The molecule has 0 fully saturated rings. The highest BCUT2D eigenvalue weighted by Crippen LogP contribution is 2.56. The zero-order chi connectivity index (χ0) is 15.0. The van der Waals surface area contributed by atoms with Crippen molar-refractivity contribution in [3.63, 3.8) is 0 Å². The van der Waals surface area contributed by atoms with Gasteiger partial charge in [-0.1, -0.05) is 12.1 Å². The minimum Gasteiger partial charge on any atom is -0.497 e. The van der Waals surface area contributed by atoms with Crippen LogP contribution in [-0.2, 0) is 13.6 Å². The molecule has 108 valence electrons. The fourth-order valence-corrected chi connectivity index (χ4v) is 3.01. The summed E-state index contributed by atoms with van der Waals surface area (Å²) in [6.45, 7) is 3.82. The fraction of sp³-hybridized carbons (Fsp3) is 0.357. The molecule has 0 aromatic heterocycles. The maximum atomic E-state index is 12.5. The summed E-state index contributed by atoms with van der Waals surface area (Å²) in [5.74, 6) is 0.707. The van der Waals surface area contributed by atoms with E-state index in [0.29, 0.717) is 5.75 Å². The number of ether oxygens (including phenoxy) is 1. The van der Waals surface area contributed by atoms with E-state index in [9.17, 15) is 9.83 Å². The van der Waals surface area contributed by atoms with Gasteiger partial charge in [-0.15, -0.1) is 0 Å². The number of rotatable bonds is 7. The summed E-state index contributed by atoms with van der Waals surface area (Å²) >= 11 is 0. The largest absolute Gasteiger partial charge is 0.497 e. The zero-order valence-corrected chi connectivity index (χ0v) is 12.7. The van der Waals surface area contributed by atoms with Crippen LogP contribution in [0.1, 0.15) is 19.4 Å². The van der Waals surface area contributed by atoms with Gasteiger partial charge in [0.05, 0.1) is 20.3 Å². The van der Waals surface area contributed by atoms with Crippen LogP contribution in [0.15, 0.2) is 29.6 Å². The van der Waals surface area contributed by atoms with Gasteiger partial charge < -0.3 is 13.8 Å². The Morgan fingerprint density at radius 3 is 2.20 bits per heavy atom. The van der Waals surface area contributed by atoms with Gasteiger partial charge in [0.15, 0.2) is 0 Å². The van der Waals surface area contributed by atoms with Crippen LogP contribution in [0.5, 0.6) is 5.75 Å². The molecule has 1 aromatic rings. The molecule has 0 bridgehead atoms. The summed E-state index contributed by atoms with van der Waals surface area (Å²) in [6.07, 6.45) is 1.51. The number of nitriles is 1. The summed E-state index contributed by atoms with van der Waals surface area (Å²) < 4.78 is 27.9. The first-order valence-corrected chi connectivity index (χ1v) is 7.79. The number of hydrogen-bond acceptors (Lipinski definition) is 5. The molecule has 0 saturated carbocycles. The van der Waals surface area contributed by atoms with Gasteiger partial charge in [-0.05, 0) is 37.6 Å². The van der Waals surface area contributed by atoms with Crippen molar-refractivity contribution in [2.75, 3.05) is 20.3 Å². The van der Waals surface area contributed by atoms with E-state index in [1.165, 1.54) is 6.08 Å².